The van der Waals surface area contributed by atoms with Gasteiger partial charge >= 0.3 is 10.3 Å². The number of carbonyl (C=O) groups excluding carboxylic acids is 2. The summed E-state index contributed by atoms with van der Waals surface area (Å²) in [6, 6.07) is 14.1. The van der Waals surface area contributed by atoms with Gasteiger partial charge in [0.05, 0.1) is 5.69 Å². The highest BCUT2D eigenvalue weighted by molar-refractivity contribution is 7.87. The van der Waals surface area contributed by atoms with Gasteiger partial charge in [-0.2, -0.15) is 8.42 Å². The molecule has 160 valence electrons. The van der Waals surface area contributed by atoms with Crippen molar-refractivity contribution in [3.8, 4) is 0 Å². The van der Waals surface area contributed by atoms with Gasteiger partial charge in [0.1, 0.15) is 6.04 Å². The van der Waals surface area contributed by atoms with E-state index in [2.05, 4.69) is 5.32 Å². The molecule has 0 radical (unpaired) electrons. The quantitative estimate of drug-likeness (QED) is 0.580. The second-order valence-corrected chi connectivity index (χ2v) is 8.41. The van der Waals surface area contributed by atoms with E-state index in [0.717, 1.165) is 23.1 Å². The summed E-state index contributed by atoms with van der Waals surface area (Å²) in [6.07, 6.45) is 2.08. The standard InChI is InChI=1S/C21H25N3O5S/c1-22-21(26)19-13-16-10-11-18(23-30(27,28)29)12-17(16)14-24(19)20(25)9-5-8-15-6-3-2-4-7-15/h2-4,6-7,10-12,19,23H,5,8-9,13-14H2,1H3,(H,22,26)(H,27,28,29)/t19-/m0/s1. The van der Waals surface area contributed by atoms with Crippen LogP contribution in [-0.2, 0) is 39.3 Å². The number of carbonyl (C=O) groups is 2. The minimum atomic E-state index is -4.39. The van der Waals surface area contributed by atoms with Crippen LogP contribution in [0.5, 0.6) is 0 Å². The second-order valence-electron chi connectivity index (χ2n) is 7.26. The molecule has 0 saturated heterocycles. The van der Waals surface area contributed by atoms with Gasteiger partial charge < -0.3 is 10.2 Å². The third-order valence-corrected chi connectivity index (χ3v) is 5.65. The Morgan fingerprint density at radius 2 is 1.87 bits per heavy atom. The molecule has 30 heavy (non-hydrogen) atoms. The lowest BCUT2D eigenvalue weighted by molar-refractivity contribution is -0.141. The number of benzene rings is 2. The van der Waals surface area contributed by atoms with Crippen molar-refractivity contribution in [3.63, 3.8) is 0 Å². The van der Waals surface area contributed by atoms with E-state index in [1.165, 1.54) is 13.1 Å². The Kier molecular flexibility index (Phi) is 6.73. The molecule has 8 nitrogen and oxygen atoms in total. The van der Waals surface area contributed by atoms with E-state index in [-0.39, 0.29) is 24.0 Å². The molecular formula is C21H25N3O5S. The molecule has 3 N–H and O–H groups in total. The molecule has 0 aliphatic carbocycles. The average molecular weight is 432 g/mol. The summed E-state index contributed by atoms with van der Waals surface area (Å²) in [4.78, 5) is 26.9. The number of nitrogens with zero attached hydrogens (tertiary/aromatic N) is 1. The van der Waals surface area contributed by atoms with Crippen molar-refractivity contribution in [2.24, 2.45) is 0 Å². The fraction of sp³-hybridized carbons (Fsp3) is 0.333. The molecule has 0 saturated carbocycles. The number of nitrogens with one attached hydrogen (secondary N) is 2. The van der Waals surface area contributed by atoms with Crippen LogP contribution >= 0.6 is 0 Å². The minimum Gasteiger partial charge on any atom is -0.357 e. The summed E-state index contributed by atoms with van der Waals surface area (Å²) < 4.78 is 33.2. The lowest BCUT2D eigenvalue weighted by Crippen LogP contribution is -2.51. The van der Waals surface area contributed by atoms with E-state index in [4.69, 9.17) is 4.55 Å². The third kappa shape index (κ3) is 5.58. The van der Waals surface area contributed by atoms with E-state index < -0.39 is 16.3 Å². The van der Waals surface area contributed by atoms with Gasteiger partial charge in [0.15, 0.2) is 0 Å². The van der Waals surface area contributed by atoms with Crippen molar-refractivity contribution in [2.75, 3.05) is 11.8 Å². The van der Waals surface area contributed by atoms with Crippen LogP contribution in [0.3, 0.4) is 0 Å². The van der Waals surface area contributed by atoms with Crippen molar-refractivity contribution in [1.82, 2.24) is 10.2 Å². The maximum atomic E-state index is 12.9. The Labute approximate surface area is 176 Å². The molecule has 1 aliphatic heterocycles. The van der Waals surface area contributed by atoms with Gasteiger partial charge in [-0.1, -0.05) is 36.4 Å². The van der Waals surface area contributed by atoms with E-state index in [1.807, 2.05) is 35.1 Å². The SMILES string of the molecule is CNC(=O)[C@@H]1Cc2ccc(NS(=O)(=O)O)cc2CN1C(=O)CCCc1ccccc1. The molecule has 0 unspecified atom stereocenters. The molecule has 0 spiro atoms. The summed E-state index contributed by atoms with van der Waals surface area (Å²) in [7, 11) is -2.86. The molecular weight excluding hydrogens is 406 g/mol. The predicted octanol–water partition coefficient (Wildman–Crippen LogP) is 1.92. The first-order chi connectivity index (χ1) is 14.3. The average Bonchev–Trinajstić information content (AvgIpc) is 2.71. The Morgan fingerprint density at radius 1 is 1.13 bits per heavy atom. The maximum Gasteiger partial charge on any atom is 0.357 e. The van der Waals surface area contributed by atoms with Crippen molar-refractivity contribution in [2.45, 2.75) is 38.3 Å². The first-order valence-corrected chi connectivity index (χ1v) is 11.1. The first kappa shape index (κ1) is 21.8. The number of aryl methyl sites for hydroxylation is 1. The Bertz CT molecular complexity index is 1020. The summed E-state index contributed by atoms with van der Waals surface area (Å²) in [5.41, 5.74) is 2.95. The zero-order chi connectivity index (χ0) is 21.7. The van der Waals surface area contributed by atoms with Crippen LogP contribution in [0.15, 0.2) is 48.5 Å². The monoisotopic (exact) mass is 431 g/mol. The van der Waals surface area contributed by atoms with Crippen LogP contribution in [0.4, 0.5) is 5.69 Å². The molecule has 0 aromatic heterocycles. The normalized spacial score (nSPS) is 15.9. The molecule has 1 aliphatic rings. The minimum absolute atomic E-state index is 0.127. The van der Waals surface area contributed by atoms with Gasteiger partial charge in [-0.3, -0.25) is 18.9 Å². The van der Waals surface area contributed by atoms with E-state index in [1.54, 1.807) is 17.0 Å². The molecule has 3 rings (SSSR count). The number of rotatable bonds is 7. The summed E-state index contributed by atoms with van der Waals surface area (Å²) in [5.74, 6) is -0.365. The van der Waals surface area contributed by atoms with Crippen molar-refractivity contribution < 1.29 is 22.6 Å². The predicted molar refractivity (Wildman–Crippen MR) is 113 cm³/mol. The summed E-state index contributed by atoms with van der Waals surface area (Å²) in [6.45, 7) is 0.193. The number of likely N-dealkylation sites (N-methyl/N-ethyl adjacent to an activating group) is 1. The number of amides is 2. The molecule has 1 atom stereocenters. The van der Waals surface area contributed by atoms with Crippen molar-refractivity contribution in [3.05, 3.63) is 65.2 Å². The summed E-state index contributed by atoms with van der Waals surface area (Å²) in [5, 5.41) is 2.62. The maximum absolute atomic E-state index is 12.9. The molecule has 0 fully saturated rings. The number of hydrogen-bond acceptors (Lipinski definition) is 4. The Hall–Kier alpha value is -2.91. The van der Waals surface area contributed by atoms with Gasteiger partial charge in [-0.25, -0.2) is 0 Å². The molecule has 9 heteroatoms. The Balaban J connectivity index is 1.75. The van der Waals surface area contributed by atoms with Gasteiger partial charge in [-0.15, -0.1) is 0 Å². The number of fused-ring (bicyclic) bond motifs is 1. The summed E-state index contributed by atoms with van der Waals surface area (Å²) >= 11 is 0. The lowest BCUT2D eigenvalue weighted by Gasteiger charge is -2.36. The van der Waals surface area contributed by atoms with Gasteiger partial charge in [0.2, 0.25) is 11.8 Å². The molecule has 2 aromatic carbocycles. The van der Waals surface area contributed by atoms with E-state index in [9.17, 15) is 18.0 Å². The van der Waals surface area contributed by atoms with Crippen LogP contribution < -0.4 is 10.0 Å². The van der Waals surface area contributed by atoms with Gasteiger partial charge in [-0.05, 0) is 41.7 Å². The van der Waals surface area contributed by atoms with Crippen LogP contribution in [0.2, 0.25) is 0 Å². The zero-order valence-corrected chi connectivity index (χ0v) is 17.5. The highest BCUT2D eigenvalue weighted by Crippen LogP contribution is 2.27. The molecule has 2 aromatic rings. The number of anilines is 1. The molecule has 1 heterocycles. The fourth-order valence-electron chi connectivity index (χ4n) is 3.69. The zero-order valence-electron chi connectivity index (χ0n) is 16.7. The molecule has 0 bridgehead atoms. The topological polar surface area (TPSA) is 116 Å². The van der Waals surface area contributed by atoms with Crippen LogP contribution in [0, 0.1) is 0 Å². The highest BCUT2D eigenvalue weighted by Gasteiger charge is 2.34. The van der Waals surface area contributed by atoms with Crippen molar-refractivity contribution >= 4 is 27.8 Å². The van der Waals surface area contributed by atoms with E-state index in [0.29, 0.717) is 19.3 Å². The largest absolute Gasteiger partial charge is 0.357 e. The lowest BCUT2D eigenvalue weighted by atomic mass is 9.92. The smallest absolute Gasteiger partial charge is 0.357 e. The second kappa shape index (κ2) is 9.27. The van der Waals surface area contributed by atoms with Gasteiger partial charge in [0, 0.05) is 26.4 Å². The third-order valence-electron chi connectivity index (χ3n) is 5.15. The first-order valence-electron chi connectivity index (χ1n) is 9.69. The molecule has 2 amide bonds. The van der Waals surface area contributed by atoms with Crippen molar-refractivity contribution in [1.29, 1.82) is 0 Å². The van der Waals surface area contributed by atoms with Crippen LogP contribution in [0.1, 0.15) is 29.5 Å². The highest BCUT2D eigenvalue weighted by atomic mass is 32.2. The van der Waals surface area contributed by atoms with Crippen LogP contribution in [0.25, 0.3) is 0 Å². The Morgan fingerprint density at radius 3 is 2.53 bits per heavy atom. The number of hydrogen-bond donors (Lipinski definition) is 3. The van der Waals surface area contributed by atoms with Crippen LogP contribution in [-0.4, -0.2) is 42.8 Å². The van der Waals surface area contributed by atoms with E-state index >= 15 is 0 Å². The van der Waals surface area contributed by atoms with Gasteiger partial charge in [0.25, 0.3) is 0 Å². The fourth-order valence-corrected chi connectivity index (χ4v) is 4.12.